The van der Waals surface area contributed by atoms with E-state index in [1.54, 1.807) is 42.5 Å². The molecule has 0 spiro atoms. The molecule has 35 heavy (non-hydrogen) atoms. The van der Waals surface area contributed by atoms with Crippen molar-refractivity contribution in [2.75, 3.05) is 31.3 Å². The Balaban J connectivity index is 1.27. The van der Waals surface area contributed by atoms with Crippen LogP contribution in [0.25, 0.3) is 5.70 Å². The van der Waals surface area contributed by atoms with Crippen molar-refractivity contribution in [3.8, 4) is 11.5 Å². The second-order valence-corrected chi connectivity index (χ2v) is 8.96. The molecule has 0 aliphatic carbocycles. The van der Waals surface area contributed by atoms with Crippen LogP contribution in [0, 0.1) is 0 Å². The number of carbonyl (C=O) groups excluding carboxylic acids is 3. The van der Waals surface area contributed by atoms with E-state index in [0.29, 0.717) is 53.8 Å². The molecule has 0 saturated heterocycles. The second-order valence-electron chi connectivity index (χ2n) is 7.93. The molecule has 9 heteroatoms. The number of hydrogen-bond donors (Lipinski definition) is 0. The van der Waals surface area contributed by atoms with Crippen LogP contribution in [0.2, 0.25) is 0 Å². The Morgan fingerprint density at radius 3 is 2.54 bits per heavy atom. The molecule has 3 aromatic rings. The summed E-state index contributed by atoms with van der Waals surface area (Å²) in [4.78, 5) is 42.1. The molecule has 2 aliphatic heterocycles. The van der Waals surface area contributed by atoms with Gasteiger partial charge in [-0.25, -0.2) is 0 Å². The summed E-state index contributed by atoms with van der Waals surface area (Å²) in [7, 11) is 0. The van der Waals surface area contributed by atoms with Crippen molar-refractivity contribution in [1.82, 2.24) is 4.90 Å². The first-order valence-corrected chi connectivity index (χ1v) is 11.9. The van der Waals surface area contributed by atoms with Crippen molar-refractivity contribution in [3.63, 3.8) is 0 Å². The van der Waals surface area contributed by atoms with Crippen LogP contribution >= 0.6 is 11.3 Å². The molecule has 1 aromatic heterocycles. The highest BCUT2D eigenvalue weighted by Crippen LogP contribution is 2.35. The molecule has 0 unspecified atom stereocenters. The van der Waals surface area contributed by atoms with Crippen LogP contribution in [0.15, 0.2) is 66.6 Å². The molecular weight excluding hydrogens is 468 g/mol. The molecule has 178 valence electrons. The van der Waals surface area contributed by atoms with Crippen LogP contribution in [0.3, 0.4) is 0 Å². The third-order valence-electron chi connectivity index (χ3n) is 5.72. The maximum absolute atomic E-state index is 13.2. The normalized spacial score (nSPS) is 14.0. The van der Waals surface area contributed by atoms with E-state index in [9.17, 15) is 14.4 Å². The molecule has 0 fully saturated rings. The molecule has 0 saturated carbocycles. The number of thiophene rings is 1. The van der Waals surface area contributed by atoms with Gasteiger partial charge in [-0.15, -0.1) is 11.3 Å². The van der Waals surface area contributed by atoms with Gasteiger partial charge in [0, 0.05) is 33.5 Å². The lowest BCUT2D eigenvalue weighted by atomic mass is 10.1. The van der Waals surface area contributed by atoms with Gasteiger partial charge < -0.3 is 19.1 Å². The SMILES string of the molecule is C=C1c2ccccc2C(=O)N1CC(=O)OCC(=O)N(Cc1cccs1)c1ccc2c(c1)OCCO2. The minimum atomic E-state index is -0.695. The van der Waals surface area contributed by atoms with Gasteiger partial charge in [0.05, 0.1) is 6.54 Å². The van der Waals surface area contributed by atoms with E-state index in [1.807, 2.05) is 17.5 Å². The quantitative estimate of drug-likeness (QED) is 0.470. The number of benzene rings is 2. The largest absolute Gasteiger partial charge is 0.486 e. The lowest BCUT2D eigenvalue weighted by molar-refractivity contribution is -0.147. The fraction of sp³-hybridized carbons (Fsp3) is 0.192. The number of fused-ring (bicyclic) bond motifs is 2. The first-order valence-electron chi connectivity index (χ1n) is 11.0. The van der Waals surface area contributed by atoms with Gasteiger partial charge in [-0.1, -0.05) is 30.8 Å². The molecular formula is C26H22N2O6S. The van der Waals surface area contributed by atoms with Gasteiger partial charge in [-0.2, -0.15) is 0 Å². The van der Waals surface area contributed by atoms with E-state index in [-0.39, 0.29) is 12.5 Å². The first kappa shape index (κ1) is 22.7. The Bertz CT molecular complexity index is 1270. The zero-order chi connectivity index (χ0) is 24.4. The molecule has 0 bridgehead atoms. The number of rotatable bonds is 7. The van der Waals surface area contributed by atoms with Crippen LogP contribution in [0.4, 0.5) is 5.69 Å². The minimum absolute atomic E-state index is 0.310. The highest BCUT2D eigenvalue weighted by molar-refractivity contribution is 7.09. The van der Waals surface area contributed by atoms with Gasteiger partial charge in [-0.05, 0) is 29.6 Å². The van der Waals surface area contributed by atoms with Crippen molar-refractivity contribution in [2.45, 2.75) is 6.54 Å². The highest BCUT2D eigenvalue weighted by atomic mass is 32.1. The van der Waals surface area contributed by atoms with Crippen molar-refractivity contribution in [2.24, 2.45) is 0 Å². The van der Waals surface area contributed by atoms with Crippen LogP contribution in [0.5, 0.6) is 11.5 Å². The van der Waals surface area contributed by atoms with Crippen LogP contribution in [0.1, 0.15) is 20.8 Å². The van der Waals surface area contributed by atoms with E-state index in [2.05, 4.69) is 6.58 Å². The molecule has 3 heterocycles. The lowest BCUT2D eigenvalue weighted by Gasteiger charge is -2.25. The van der Waals surface area contributed by atoms with Gasteiger partial charge in [0.1, 0.15) is 19.8 Å². The van der Waals surface area contributed by atoms with Crippen molar-refractivity contribution in [1.29, 1.82) is 0 Å². The van der Waals surface area contributed by atoms with Gasteiger partial charge in [0.25, 0.3) is 11.8 Å². The highest BCUT2D eigenvalue weighted by Gasteiger charge is 2.32. The third kappa shape index (κ3) is 4.63. The smallest absolute Gasteiger partial charge is 0.326 e. The van der Waals surface area contributed by atoms with Gasteiger partial charge in [0.2, 0.25) is 0 Å². The zero-order valence-corrected chi connectivity index (χ0v) is 19.6. The Labute approximate surface area is 205 Å². The first-order chi connectivity index (χ1) is 17.0. The maximum atomic E-state index is 13.2. The fourth-order valence-electron chi connectivity index (χ4n) is 3.98. The Morgan fingerprint density at radius 2 is 1.80 bits per heavy atom. The topological polar surface area (TPSA) is 85.4 Å². The average molecular weight is 491 g/mol. The van der Waals surface area contributed by atoms with E-state index in [1.165, 1.54) is 21.1 Å². The van der Waals surface area contributed by atoms with E-state index >= 15 is 0 Å². The monoisotopic (exact) mass is 490 g/mol. The number of nitrogens with zero attached hydrogens (tertiary/aromatic N) is 2. The summed E-state index contributed by atoms with van der Waals surface area (Å²) in [5.74, 6) is -0.242. The molecule has 2 aromatic carbocycles. The molecule has 8 nitrogen and oxygen atoms in total. The molecule has 2 amide bonds. The van der Waals surface area contributed by atoms with E-state index in [0.717, 1.165) is 4.88 Å². The number of anilines is 1. The predicted molar refractivity (Wildman–Crippen MR) is 130 cm³/mol. The number of carbonyl (C=O) groups is 3. The molecule has 0 atom stereocenters. The third-order valence-corrected chi connectivity index (χ3v) is 6.58. The summed E-state index contributed by atoms with van der Waals surface area (Å²) in [6.07, 6.45) is 0. The summed E-state index contributed by atoms with van der Waals surface area (Å²) < 4.78 is 16.5. The summed E-state index contributed by atoms with van der Waals surface area (Å²) in [6.45, 7) is 4.33. The van der Waals surface area contributed by atoms with Crippen LogP contribution in [-0.4, -0.2) is 49.0 Å². The van der Waals surface area contributed by atoms with Crippen molar-refractivity contribution in [3.05, 3.63) is 82.6 Å². The standard InChI is InChI=1S/C26H22N2O6S/c1-17-20-6-2-3-7-21(20)26(31)27(17)15-25(30)34-16-24(29)28(14-19-5-4-12-35-19)18-8-9-22-23(13-18)33-11-10-32-22/h2-9,12-13H,1,10-11,14-16H2. The summed E-state index contributed by atoms with van der Waals surface area (Å²) in [5.41, 5.74) is 2.20. The van der Waals surface area contributed by atoms with Crippen molar-refractivity contribution >= 4 is 40.5 Å². The fourth-order valence-corrected chi connectivity index (χ4v) is 4.67. The van der Waals surface area contributed by atoms with Crippen LogP contribution < -0.4 is 14.4 Å². The summed E-state index contributed by atoms with van der Waals surface area (Å²) in [5, 5.41) is 1.93. The van der Waals surface area contributed by atoms with Crippen molar-refractivity contribution < 1.29 is 28.6 Å². The van der Waals surface area contributed by atoms with E-state index < -0.39 is 18.5 Å². The predicted octanol–water partition coefficient (Wildman–Crippen LogP) is 3.72. The van der Waals surface area contributed by atoms with Gasteiger partial charge in [-0.3, -0.25) is 19.3 Å². The summed E-state index contributed by atoms with van der Waals surface area (Å²) in [6, 6.07) is 16.1. The van der Waals surface area contributed by atoms with E-state index in [4.69, 9.17) is 14.2 Å². The number of ether oxygens (including phenoxy) is 3. The molecule has 2 aliphatic rings. The maximum Gasteiger partial charge on any atom is 0.326 e. The lowest BCUT2D eigenvalue weighted by Crippen LogP contribution is -2.36. The molecule has 0 N–H and O–H groups in total. The van der Waals surface area contributed by atoms with Crippen LogP contribution in [-0.2, 0) is 20.9 Å². The Hall–Kier alpha value is -4.11. The van der Waals surface area contributed by atoms with Gasteiger partial charge in [0.15, 0.2) is 18.1 Å². The zero-order valence-electron chi connectivity index (χ0n) is 18.8. The number of esters is 1. The Morgan fingerprint density at radius 1 is 1.03 bits per heavy atom. The average Bonchev–Trinajstić information content (AvgIpc) is 3.48. The van der Waals surface area contributed by atoms with Gasteiger partial charge >= 0.3 is 5.97 Å². The summed E-state index contributed by atoms with van der Waals surface area (Å²) >= 11 is 1.52. The minimum Gasteiger partial charge on any atom is -0.486 e. The molecule has 0 radical (unpaired) electrons. The molecule has 5 rings (SSSR count). The number of amides is 2. The Kier molecular flexibility index (Phi) is 6.24. The second kappa shape index (κ2) is 9.63. The number of hydrogen-bond acceptors (Lipinski definition) is 7.